The second kappa shape index (κ2) is 8.97. The molecule has 164 valence electrons. The Labute approximate surface area is 186 Å². The van der Waals surface area contributed by atoms with Crippen LogP contribution in [0, 0.1) is 22.7 Å². The van der Waals surface area contributed by atoms with E-state index in [4.69, 9.17) is 0 Å². The topological polar surface area (TPSA) is 78.2 Å². The maximum Gasteiger partial charge on any atom is 0.416 e. The molecule has 4 nitrogen and oxygen atoms in total. The van der Waals surface area contributed by atoms with Gasteiger partial charge in [0.05, 0.1) is 23.1 Å². The van der Waals surface area contributed by atoms with Gasteiger partial charge in [0.15, 0.2) is 11.6 Å². The summed E-state index contributed by atoms with van der Waals surface area (Å²) in [7, 11) is 0. The molecule has 4 rings (SSSR count). The molecule has 3 atom stereocenters. The van der Waals surface area contributed by atoms with E-state index in [1.54, 1.807) is 11.3 Å². The Hall–Kier alpha value is -3.44. The molecule has 1 N–H and O–H groups in total. The number of hydrogen-bond acceptors (Lipinski definition) is 5. The van der Waals surface area contributed by atoms with Crippen molar-refractivity contribution in [2.24, 2.45) is 11.3 Å². The van der Waals surface area contributed by atoms with Crippen LogP contribution < -0.4 is 0 Å². The number of carbonyl (C=O) groups excluding carboxylic acids is 2. The summed E-state index contributed by atoms with van der Waals surface area (Å²) >= 11 is 1.71. The standard InChI is InChI=1S/C20H14F3NO3.C4H4S/c1-11(25)19(10-24)16(12-6-8-13(9-7-12)20(21,22)23)17(19)18(27)14-4-2-3-5-15(14)26;1-2-4-5-3-1/h2-9,16-17,26H,1H3;1-4H. The van der Waals surface area contributed by atoms with Gasteiger partial charge in [-0.1, -0.05) is 36.4 Å². The number of thiophene rings is 1. The van der Waals surface area contributed by atoms with Crippen molar-refractivity contribution in [3.63, 3.8) is 0 Å². The van der Waals surface area contributed by atoms with E-state index in [1.807, 2.05) is 29.0 Å². The maximum atomic E-state index is 12.9. The summed E-state index contributed by atoms with van der Waals surface area (Å²) in [5.74, 6) is -3.34. The first-order valence-electron chi connectivity index (χ1n) is 9.53. The number of phenols is 1. The maximum absolute atomic E-state index is 12.9. The van der Waals surface area contributed by atoms with Gasteiger partial charge < -0.3 is 5.11 Å². The average Bonchev–Trinajstić information content (AvgIpc) is 3.08. The van der Waals surface area contributed by atoms with Gasteiger partial charge in [-0.25, -0.2) is 0 Å². The zero-order valence-corrected chi connectivity index (χ0v) is 17.7. The van der Waals surface area contributed by atoms with E-state index < -0.39 is 40.6 Å². The third-order valence-corrected chi connectivity index (χ3v) is 6.08. The molecule has 32 heavy (non-hydrogen) atoms. The van der Waals surface area contributed by atoms with Gasteiger partial charge in [0.25, 0.3) is 0 Å². The Bertz CT molecular complexity index is 1130. The number of para-hydroxylation sites is 1. The molecule has 0 amide bonds. The Morgan fingerprint density at radius 1 is 1.03 bits per heavy atom. The highest BCUT2D eigenvalue weighted by molar-refractivity contribution is 7.07. The number of nitriles is 1. The fourth-order valence-electron chi connectivity index (χ4n) is 3.81. The number of nitrogens with zero attached hydrogens (tertiary/aromatic N) is 1. The van der Waals surface area contributed by atoms with Gasteiger partial charge in [0.2, 0.25) is 0 Å². The number of halogens is 3. The van der Waals surface area contributed by atoms with Gasteiger partial charge in [-0.2, -0.15) is 29.8 Å². The van der Waals surface area contributed by atoms with E-state index in [0.29, 0.717) is 5.56 Å². The minimum Gasteiger partial charge on any atom is -0.507 e. The molecule has 8 heteroatoms. The number of carbonyl (C=O) groups is 2. The van der Waals surface area contributed by atoms with Crippen molar-refractivity contribution in [3.05, 3.63) is 88.1 Å². The molecule has 1 aromatic heterocycles. The molecule has 0 saturated heterocycles. The number of alkyl halides is 3. The molecule has 0 spiro atoms. The first-order valence-corrected chi connectivity index (χ1v) is 10.5. The molecule has 0 bridgehead atoms. The van der Waals surface area contributed by atoms with E-state index in [2.05, 4.69) is 0 Å². The fourth-order valence-corrected chi connectivity index (χ4v) is 4.27. The largest absolute Gasteiger partial charge is 0.507 e. The smallest absolute Gasteiger partial charge is 0.416 e. The zero-order valence-electron chi connectivity index (χ0n) is 16.8. The lowest BCUT2D eigenvalue weighted by molar-refractivity contribution is -0.137. The summed E-state index contributed by atoms with van der Waals surface area (Å²) in [4.78, 5) is 25.1. The summed E-state index contributed by atoms with van der Waals surface area (Å²) in [6, 6.07) is 15.7. The average molecular weight is 457 g/mol. The van der Waals surface area contributed by atoms with Crippen molar-refractivity contribution in [1.29, 1.82) is 5.26 Å². The lowest BCUT2D eigenvalue weighted by atomic mass is 9.94. The van der Waals surface area contributed by atoms with Gasteiger partial charge >= 0.3 is 6.18 Å². The first-order chi connectivity index (χ1) is 15.1. The summed E-state index contributed by atoms with van der Waals surface area (Å²) in [5, 5.41) is 23.6. The van der Waals surface area contributed by atoms with E-state index in [0.717, 1.165) is 12.1 Å². The Kier molecular flexibility index (Phi) is 6.51. The third-order valence-electron chi connectivity index (χ3n) is 5.45. The Balaban J connectivity index is 0.000000509. The highest BCUT2D eigenvalue weighted by Gasteiger charge is 2.72. The van der Waals surface area contributed by atoms with Crippen molar-refractivity contribution in [3.8, 4) is 11.8 Å². The van der Waals surface area contributed by atoms with Crippen molar-refractivity contribution in [2.45, 2.75) is 19.0 Å². The molecule has 1 heterocycles. The van der Waals surface area contributed by atoms with Gasteiger partial charge in [0.1, 0.15) is 11.2 Å². The zero-order chi connectivity index (χ0) is 23.5. The lowest BCUT2D eigenvalue weighted by Crippen LogP contribution is -2.17. The SMILES string of the molecule is CC(=O)C1(C#N)C(C(=O)c2ccccc2O)C1c1ccc(C(F)(F)F)cc1.c1ccsc1. The van der Waals surface area contributed by atoms with Crippen LogP contribution >= 0.6 is 11.3 Å². The van der Waals surface area contributed by atoms with Crippen molar-refractivity contribution >= 4 is 22.9 Å². The van der Waals surface area contributed by atoms with Crippen LogP contribution in [0.25, 0.3) is 0 Å². The molecule has 0 radical (unpaired) electrons. The predicted molar refractivity (Wildman–Crippen MR) is 113 cm³/mol. The number of ketones is 2. The molecule has 0 aliphatic heterocycles. The number of benzene rings is 2. The van der Waals surface area contributed by atoms with Crippen LogP contribution in [0.15, 0.2) is 71.4 Å². The molecule has 3 aromatic rings. The number of hydrogen-bond donors (Lipinski definition) is 1. The summed E-state index contributed by atoms with van der Waals surface area (Å²) in [5.41, 5.74) is -2.24. The third kappa shape index (κ3) is 4.30. The van der Waals surface area contributed by atoms with Gasteiger partial charge in [0, 0.05) is 5.92 Å². The monoisotopic (exact) mass is 457 g/mol. The van der Waals surface area contributed by atoms with E-state index in [1.165, 1.54) is 43.3 Å². The van der Waals surface area contributed by atoms with Gasteiger partial charge in [-0.15, -0.1) is 0 Å². The molecule has 3 unspecified atom stereocenters. The Morgan fingerprint density at radius 2 is 1.62 bits per heavy atom. The number of rotatable bonds is 4. The molecular weight excluding hydrogens is 439 g/mol. The molecule has 1 aliphatic carbocycles. The van der Waals surface area contributed by atoms with Crippen LogP contribution in [0.3, 0.4) is 0 Å². The highest BCUT2D eigenvalue weighted by atomic mass is 32.1. The summed E-state index contributed by atoms with van der Waals surface area (Å²) in [6.45, 7) is 1.18. The predicted octanol–water partition coefficient (Wildman–Crippen LogP) is 5.85. The molecular formula is C24H18F3NO3S. The van der Waals surface area contributed by atoms with E-state index in [-0.39, 0.29) is 11.3 Å². The number of aromatic hydroxyl groups is 1. The van der Waals surface area contributed by atoms with Crippen LogP contribution in [-0.4, -0.2) is 16.7 Å². The van der Waals surface area contributed by atoms with Gasteiger partial charge in [-0.3, -0.25) is 9.59 Å². The summed E-state index contributed by atoms with van der Waals surface area (Å²) in [6.07, 6.45) is -4.51. The molecule has 1 aliphatic rings. The molecule has 1 saturated carbocycles. The lowest BCUT2D eigenvalue weighted by Gasteiger charge is -2.08. The quantitative estimate of drug-likeness (QED) is 0.498. The van der Waals surface area contributed by atoms with Crippen molar-refractivity contribution in [2.75, 3.05) is 0 Å². The van der Waals surface area contributed by atoms with E-state index >= 15 is 0 Å². The molecule has 1 fully saturated rings. The van der Waals surface area contributed by atoms with Gasteiger partial charge in [-0.05, 0) is 47.5 Å². The van der Waals surface area contributed by atoms with Crippen LogP contribution in [0.2, 0.25) is 0 Å². The van der Waals surface area contributed by atoms with Crippen LogP contribution in [-0.2, 0) is 11.0 Å². The number of phenolic OH excluding ortho intramolecular Hbond substituents is 1. The van der Waals surface area contributed by atoms with Crippen LogP contribution in [0.5, 0.6) is 5.75 Å². The first kappa shape index (κ1) is 23.2. The summed E-state index contributed by atoms with van der Waals surface area (Å²) < 4.78 is 38.3. The minimum atomic E-state index is -4.51. The fraction of sp³-hybridized carbons (Fsp3) is 0.208. The minimum absolute atomic E-state index is 0.0298. The second-order valence-corrected chi connectivity index (χ2v) is 8.10. The van der Waals surface area contributed by atoms with Crippen molar-refractivity contribution in [1.82, 2.24) is 0 Å². The number of Topliss-reactive ketones (excluding diaryl/α,β-unsaturated/α-hetero) is 2. The van der Waals surface area contributed by atoms with Crippen LogP contribution in [0.1, 0.15) is 34.3 Å². The second-order valence-electron chi connectivity index (χ2n) is 7.29. The van der Waals surface area contributed by atoms with Crippen LogP contribution in [0.4, 0.5) is 13.2 Å². The Morgan fingerprint density at radius 3 is 2.06 bits per heavy atom. The normalized spacial score (nSPS) is 21.6. The van der Waals surface area contributed by atoms with E-state index in [9.17, 15) is 33.1 Å². The van der Waals surface area contributed by atoms with Crippen molar-refractivity contribution < 1.29 is 27.9 Å². The molecule has 2 aromatic carbocycles. The highest BCUT2D eigenvalue weighted by Crippen LogP contribution is 2.66.